The summed E-state index contributed by atoms with van der Waals surface area (Å²) in [5, 5.41) is 9.68. The molecule has 3 aromatic carbocycles. The van der Waals surface area contributed by atoms with E-state index in [0.29, 0.717) is 12.2 Å². The van der Waals surface area contributed by atoms with Crippen LogP contribution in [0.4, 0.5) is 0 Å². The molecule has 1 aromatic heterocycles. The number of ether oxygens (including phenoxy) is 1. The zero-order valence-electron chi connectivity index (χ0n) is 17.0. The number of nitriles is 1. The minimum absolute atomic E-state index is 0.243. The molecule has 0 amide bonds. The Bertz CT molecular complexity index is 1190. The second-order valence-corrected chi connectivity index (χ2v) is 8.17. The van der Waals surface area contributed by atoms with Gasteiger partial charge in [0.05, 0.1) is 28.6 Å². The predicted molar refractivity (Wildman–Crippen MR) is 121 cm³/mol. The van der Waals surface area contributed by atoms with Crippen molar-refractivity contribution < 1.29 is 4.74 Å². The van der Waals surface area contributed by atoms with E-state index in [1.807, 2.05) is 48.1 Å². The molecule has 4 heteroatoms. The van der Waals surface area contributed by atoms with Crippen molar-refractivity contribution in [2.75, 3.05) is 0 Å². The van der Waals surface area contributed by atoms with Gasteiger partial charge in [-0.2, -0.15) is 5.26 Å². The summed E-state index contributed by atoms with van der Waals surface area (Å²) >= 11 is 1.58. The number of aromatic nitrogens is 1. The number of thiazole rings is 1. The predicted octanol–water partition coefficient (Wildman–Crippen LogP) is 6.60. The van der Waals surface area contributed by atoms with E-state index in [1.165, 1.54) is 11.1 Å². The minimum atomic E-state index is -0.243. The number of hydrogen-bond donors (Lipinski definition) is 0. The molecule has 0 aliphatic carbocycles. The molecule has 1 unspecified atom stereocenters. The average Bonchev–Trinajstić information content (AvgIpc) is 3.30. The van der Waals surface area contributed by atoms with Gasteiger partial charge in [-0.25, -0.2) is 0 Å². The maximum Gasteiger partial charge on any atom is 0.119 e. The van der Waals surface area contributed by atoms with E-state index in [1.54, 1.807) is 11.3 Å². The van der Waals surface area contributed by atoms with E-state index in [9.17, 15) is 5.26 Å². The van der Waals surface area contributed by atoms with Crippen molar-refractivity contribution in [3.05, 3.63) is 111 Å². The Labute approximate surface area is 181 Å². The summed E-state index contributed by atoms with van der Waals surface area (Å²) in [7, 11) is 0. The van der Waals surface area contributed by atoms with E-state index in [-0.39, 0.29) is 6.10 Å². The van der Waals surface area contributed by atoms with Crippen molar-refractivity contribution in [2.45, 2.75) is 26.6 Å². The Hall–Kier alpha value is -3.26. The van der Waals surface area contributed by atoms with Crippen LogP contribution in [0.3, 0.4) is 0 Å². The highest BCUT2D eigenvalue weighted by molar-refractivity contribution is 7.09. The second-order valence-electron chi connectivity index (χ2n) is 7.25. The molecule has 4 aromatic rings. The lowest BCUT2D eigenvalue weighted by Gasteiger charge is -2.19. The van der Waals surface area contributed by atoms with E-state index in [4.69, 9.17) is 4.74 Å². The molecule has 0 bridgehead atoms. The van der Waals surface area contributed by atoms with Crippen molar-refractivity contribution in [1.82, 2.24) is 4.98 Å². The fourth-order valence-electron chi connectivity index (χ4n) is 3.56. The van der Waals surface area contributed by atoms with E-state index < -0.39 is 0 Å². The maximum absolute atomic E-state index is 9.68. The van der Waals surface area contributed by atoms with Crippen molar-refractivity contribution in [3.8, 4) is 17.2 Å². The summed E-state index contributed by atoms with van der Waals surface area (Å²) in [5.74, 6) is 0. The maximum atomic E-state index is 9.68. The molecule has 148 valence electrons. The normalized spacial score (nSPS) is 11.8. The molecular formula is C26H22N2OS. The van der Waals surface area contributed by atoms with Gasteiger partial charge in [-0.1, -0.05) is 54.6 Å². The van der Waals surface area contributed by atoms with Crippen LogP contribution in [0.5, 0.6) is 0 Å². The Morgan fingerprint density at radius 2 is 1.73 bits per heavy atom. The van der Waals surface area contributed by atoms with Gasteiger partial charge in [0, 0.05) is 11.8 Å². The lowest BCUT2D eigenvalue weighted by Crippen LogP contribution is -2.06. The highest BCUT2D eigenvalue weighted by atomic mass is 32.1. The molecule has 0 aliphatic rings. The Balaban J connectivity index is 1.74. The molecule has 0 saturated carbocycles. The van der Waals surface area contributed by atoms with Crippen molar-refractivity contribution in [2.24, 2.45) is 0 Å². The molecule has 1 heterocycles. The minimum Gasteiger partial charge on any atom is -0.363 e. The van der Waals surface area contributed by atoms with Crippen LogP contribution in [-0.2, 0) is 11.3 Å². The van der Waals surface area contributed by atoms with E-state index in [2.05, 4.69) is 55.2 Å². The summed E-state index contributed by atoms with van der Waals surface area (Å²) in [4.78, 5) is 5.30. The van der Waals surface area contributed by atoms with E-state index in [0.717, 1.165) is 27.1 Å². The van der Waals surface area contributed by atoms with Gasteiger partial charge in [0.1, 0.15) is 6.10 Å². The summed E-state index contributed by atoms with van der Waals surface area (Å²) in [6.07, 6.45) is 1.62. The van der Waals surface area contributed by atoms with Gasteiger partial charge < -0.3 is 4.74 Å². The lowest BCUT2D eigenvalue weighted by atomic mass is 9.93. The molecule has 0 fully saturated rings. The quantitative estimate of drug-likeness (QED) is 0.359. The van der Waals surface area contributed by atoms with E-state index >= 15 is 0 Å². The Morgan fingerprint density at radius 3 is 2.43 bits per heavy atom. The van der Waals surface area contributed by atoms with Gasteiger partial charge in [-0.3, -0.25) is 4.98 Å². The number of benzene rings is 3. The monoisotopic (exact) mass is 410 g/mol. The molecular weight excluding hydrogens is 388 g/mol. The number of rotatable bonds is 6. The zero-order valence-corrected chi connectivity index (χ0v) is 17.8. The van der Waals surface area contributed by atoms with Crippen LogP contribution in [-0.4, -0.2) is 4.98 Å². The van der Waals surface area contributed by atoms with Crippen LogP contribution < -0.4 is 0 Å². The van der Waals surface area contributed by atoms with Crippen LogP contribution in [0.15, 0.2) is 78.4 Å². The lowest BCUT2D eigenvalue weighted by molar-refractivity contribution is 0.0686. The van der Waals surface area contributed by atoms with Crippen LogP contribution >= 0.6 is 11.3 Å². The Morgan fingerprint density at radius 1 is 0.967 bits per heavy atom. The summed E-state index contributed by atoms with van der Waals surface area (Å²) in [6.45, 7) is 4.67. The molecule has 1 atom stereocenters. The second kappa shape index (κ2) is 9.04. The van der Waals surface area contributed by atoms with Gasteiger partial charge in [-0.05, 0) is 53.8 Å². The first-order valence-electron chi connectivity index (χ1n) is 9.82. The summed E-state index contributed by atoms with van der Waals surface area (Å²) in [5.41, 5.74) is 9.02. The largest absolute Gasteiger partial charge is 0.363 e. The first-order valence-corrected chi connectivity index (χ1v) is 10.7. The van der Waals surface area contributed by atoms with Crippen LogP contribution in [0.2, 0.25) is 0 Å². The standard InChI is InChI=1S/C26H22N2OS/c1-18-7-3-5-9-22(18)16-29-26(25-15-28-17-30-25)20-11-12-21(14-27)24(13-20)23-10-6-4-8-19(23)2/h3-13,15,17,26H,16H2,1-2H3. The third kappa shape index (κ3) is 4.18. The zero-order chi connectivity index (χ0) is 20.9. The smallest absolute Gasteiger partial charge is 0.119 e. The van der Waals surface area contributed by atoms with Crippen molar-refractivity contribution >= 4 is 11.3 Å². The fraction of sp³-hybridized carbons (Fsp3) is 0.154. The first-order chi connectivity index (χ1) is 14.7. The van der Waals surface area contributed by atoms with Crippen LogP contribution in [0.1, 0.15) is 38.8 Å². The Kier molecular flexibility index (Phi) is 6.04. The third-order valence-corrected chi connectivity index (χ3v) is 6.10. The molecule has 0 aliphatic heterocycles. The molecule has 3 nitrogen and oxygen atoms in total. The highest BCUT2D eigenvalue weighted by Crippen LogP contribution is 2.35. The van der Waals surface area contributed by atoms with Gasteiger partial charge >= 0.3 is 0 Å². The number of hydrogen-bond acceptors (Lipinski definition) is 4. The van der Waals surface area contributed by atoms with Crippen LogP contribution in [0.25, 0.3) is 11.1 Å². The SMILES string of the molecule is Cc1ccccc1COC(c1ccc(C#N)c(-c2ccccc2C)c1)c1cncs1. The van der Waals surface area contributed by atoms with Gasteiger partial charge in [-0.15, -0.1) is 11.3 Å². The molecule has 0 spiro atoms. The van der Waals surface area contributed by atoms with Gasteiger partial charge in [0.15, 0.2) is 0 Å². The molecule has 30 heavy (non-hydrogen) atoms. The summed E-state index contributed by atoms with van der Waals surface area (Å²) < 4.78 is 6.42. The molecule has 0 radical (unpaired) electrons. The highest BCUT2D eigenvalue weighted by Gasteiger charge is 2.19. The first kappa shape index (κ1) is 20.0. The molecule has 4 rings (SSSR count). The van der Waals surface area contributed by atoms with Gasteiger partial charge in [0.2, 0.25) is 0 Å². The topological polar surface area (TPSA) is 45.9 Å². The number of aryl methyl sites for hydroxylation is 2. The van der Waals surface area contributed by atoms with Crippen LogP contribution in [0, 0.1) is 25.2 Å². The number of nitrogens with zero attached hydrogens (tertiary/aromatic N) is 2. The fourth-order valence-corrected chi connectivity index (χ4v) is 4.26. The molecule has 0 saturated heterocycles. The summed E-state index contributed by atoms with van der Waals surface area (Å²) in [6, 6.07) is 24.7. The third-order valence-electron chi connectivity index (χ3n) is 5.28. The average molecular weight is 411 g/mol. The van der Waals surface area contributed by atoms with Crippen molar-refractivity contribution in [1.29, 1.82) is 5.26 Å². The molecule has 0 N–H and O–H groups in total. The van der Waals surface area contributed by atoms with Crippen molar-refractivity contribution in [3.63, 3.8) is 0 Å². The van der Waals surface area contributed by atoms with Gasteiger partial charge in [0.25, 0.3) is 0 Å².